The number of hydrogen-bond donors (Lipinski definition) is 2. The van der Waals surface area contributed by atoms with Gasteiger partial charge < -0.3 is 19.9 Å². The van der Waals surface area contributed by atoms with Gasteiger partial charge in [0.15, 0.2) is 0 Å². The van der Waals surface area contributed by atoms with E-state index in [4.69, 9.17) is 9.47 Å². The number of carboxylic acid groups (broad SMARTS) is 1. The summed E-state index contributed by atoms with van der Waals surface area (Å²) < 4.78 is 9.74. The quantitative estimate of drug-likeness (QED) is 0.721. The Morgan fingerprint density at radius 1 is 1.15 bits per heavy atom. The van der Waals surface area contributed by atoms with Crippen LogP contribution < -0.4 is 5.32 Å². The van der Waals surface area contributed by atoms with E-state index in [1.54, 1.807) is 27.7 Å². The minimum Gasteiger partial charge on any atom is -0.480 e. The van der Waals surface area contributed by atoms with Crippen LogP contribution in [0.2, 0.25) is 0 Å². The van der Waals surface area contributed by atoms with E-state index < -0.39 is 29.2 Å². The number of amides is 1. The minimum absolute atomic E-state index is 0.0829. The molecule has 0 aliphatic carbocycles. The van der Waals surface area contributed by atoms with Gasteiger partial charge in [0.1, 0.15) is 11.1 Å². The van der Waals surface area contributed by atoms with Crippen molar-refractivity contribution in [2.24, 2.45) is 0 Å². The fraction of sp³-hybridized carbons (Fsp3) is 0.769. The van der Waals surface area contributed by atoms with E-state index in [0.29, 0.717) is 0 Å². The highest BCUT2D eigenvalue weighted by atomic mass is 16.6. The number of carboxylic acids is 1. The lowest BCUT2D eigenvalue weighted by atomic mass is 9.96. The fourth-order valence-electron chi connectivity index (χ4n) is 1.34. The molecule has 1 amide bonds. The summed E-state index contributed by atoms with van der Waals surface area (Å²) in [4.78, 5) is 34.2. The molecular weight excluding hydrogens is 266 g/mol. The summed E-state index contributed by atoms with van der Waals surface area (Å²) in [5.74, 6) is -1.75. The number of nitrogens with one attached hydrogen (secondary N) is 1. The van der Waals surface area contributed by atoms with E-state index in [1.807, 2.05) is 0 Å². The number of ether oxygens (including phenoxy) is 2. The van der Waals surface area contributed by atoms with Gasteiger partial charge in [0.25, 0.3) is 0 Å². The van der Waals surface area contributed by atoms with Crippen molar-refractivity contribution in [2.75, 3.05) is 6.61 Å². The second-order valence-electron chi connectivity index (χ2n) is 5.57. The number of rotatable bonds is 6. The molecule has 0 saturated carbocycles. The molecule has 1 atom stereocenters. The SMILES string of the molecule is CCOC(=O)CC[C@](C)(NC(=O)OC(C)(C)C)C(=O)O. The maximum Gasteiger partial charge on any atom is 0.408 e. The molecule has 0 aromatic rings. The zero-order valence-electron chi connectivity index (χ0n) is 12.6. The zero-order chi connectivity index (χ0) is 16.0. The van der Waals surface area contributed by atoms with Crippen molar-refractivity contribution in [1.29, 1.82) is 0 Å². The normalized spacial score (nSPS) is 14.1. The van der Waals surface area contributed by atoms with Crippen LogP contribution >= 0.6 is 0 Å². The molecule has 116 valence electrons. The summed E-state index contributed by atoms with van der Waals surface area (Å²) in [6, 6.07) is 0. The topological polar surface area (TPSA) is 102 Å². The van der Waals surface area contributed by atoms with Gasteiger partial charge in [-0.3, -0.25) is 4.79 Å². The summed E-state index contributed by atoms with van der Waals surface area (Å²) in [6.45, 7) is 8.21. The van der Waals surface area contributed by atoms with Crippen molar-refractivity contribution in [2.45, 2.75) is 58.6 Å². The average molecular weight is 289 g/mol. The Bertz CT molecular complexity index is 374. The van der Waals surface area contributed by atoms with Gasteiger partial charge in [-0.05, 0) is 41.0 Å². The first-order chi connectivity index (χ1) is 9.00. The number of alkyl carbamates (subject to hydrolysis) is 1. The fourth-order valence-corrected chi connectivity index (χ4v) is 1.34. The van der Waals surface area contributed by atoms with Crippen LogP contribution in [0.4, 0.5) is 4.79 Å². The minimum atomic E-state index is -1.59. The average Bonchev–Trinajstić information content (AvgIpc) is 2.23. The molecule has 0 heterocycles. The molecule has 7 heteroatoms. The van der Waals surface area contributed by atoms with Crippen molar-refractivity contribution in [3.05, 3.63) is 0 Å². The molecule has 7 nitrogen and oxygen atoms in total. The summed E-state index contributed by atoms with van der Waals surface area (Å²) in [7, 11) is 0. The molecule has 2 N–H and O–H groups in total. The Morgan fingerprint density at radius 3 is 2.10 bits per heavy atom. The standard InChI is InChI=1S/C13H23NO6/c1-6-19-9(15)7-8-13(5,10(16)17)14-11(18)20-12(2,3)4/h6-8H2,1-5H3,(H,14,18)(H,16,17)/t13-/m0/s1. The largest absolute Gasteiger partial charge is 0.480 e. The van der Waals surface area contributed by atoms with Crippen molar-refractivity contribution in [3.63, 3.8) is 0 Å². The molecule has 0 spiro atoms. The number of carbonyl (C=O) groups is 3. The highest BCUT2D eigenvalue weighted by Gasteiger charge is 2.36. The molecule has 0 radical (unpaired) electrons. The number of carbonyl (C=O) groups excluding carboxylic acids is 2. The number of aliphatic carboxylic acids is 1. The van der Waals surface area contributed by atoms with E-state index in [-0.39, 0.29) is 19.4 Å². The van der Waals surface area contributed by atoms with Gasteiger partial charge >= 0.3 is 18.0 Å². The Labute approximate surface area is 118 Å². The molecule has 0 aliphatic heterocycles. The first-order valence-electron chi connectivity index (χ1n) is 6.40. The molecule has 0 unspecified atom stereocenters. The summed E-state index contributed by atoms with van der Waals surface area (Å²) in [5.41, 5.74) is -2.32. The maximum absolute atomic E-state index is 11.6. The lowest BCUT2D eigenvalue weighted by Crippen LogP contribution is -2.53. The van der Waals surface area contributed by atoms with Gasteiger partial charge in [-0.1, -0.05) is 0 Å². The van der Waals surface area contributed by atoms with Crippen molar-refractivity contribution in [3.8, 4) is 0 Å². The molecule has 20 heavy (non-hydrogen) atoms. The molecule has 0 fully saturated rings. The van der Waals surface area contributed by atoms with Crippen molar-refractivity contribution < 1.29 is 29.0 Å². The monoisotopic (exact) mass is 289 g/mol. The van der Waals surface area contributed by atoms with Crippen LogP contribution in [0.1, 0.15) is 47.5 Å². The third-order valence-corrected chi connectivity index (χ3v) is 2.38. The lowest BCUT2D eigenvalue weighted by Gasteiger charge is -2.28. The highest BCUT2D eigenvalue weighted by Crippen LogP contribution is 2.15. The van der Waals surface area contributed by atoms with Crippen LogP contribution in [0.3, 0.4) is 0 Å². The van der Waals surface area contributed by atoms with Gasteiger partial charge in [-0.15, -0.1) is 0 Å². The molecule has 0 aromatic carbocycles. The van der Waals surface area contributed by atoms with Crippen LogP contribution in [-0.4, -0.2) is 40.9 Å². The second-order valence-corrected chi connectivity index (χ2v) is 5.57. The molecule has 0 aromatic heterocycles. The molecule has 0 rings (SSSR count). The summed E-state index contributed by atoms with van der Waals surface area (Å²) in [5, 5.41) is 11.5. The zero-order valence-corrected chi connectivity index (χ0v) is 12.6. The Balaban J connectivity index is 4.65. The smallest absolute Gasteiger partial charge is 0.408 e. The first kappa shape index (κ1) is 18.2. The van der Waals surface area contributed by atoms with Crippen molar-refractivity contribution in [1.82, 2.24) is 5.32 Å². The van der Waals surface area contributed by atoms with E-state index in [1.165, 1.54) is 6.92 Å². The number of hydrogen-bond acceptors (Lipinski definition) is 5. The second kappa shape index (κ2) is 7.12. The van der Waals surface area contributed by atoms with E-state index in [0.717, 1.165) is 0 Å². The summed E-state index contributed by atoms with van der Waals surface area (Å²) in [6.07, 6.45) is -1.03. The van der Waals surface area contributed by atoms with Gasteiger partial charge in [0, 0.05) is 6.42 Å². The third-order valence-electron chi connectivity index (χ3n) is 2.38. The van der Waals surface area contributed by atoms with Crippen molar-refractivity contribution >= 4 is 18.0 Å². The summed E-state index contributed by atoms with van der Waals surface area (Å²) >= 11 is 0. The predicted octanol–water partition coefficient (Wildman–Crippen LogP) is 1.70. The van der Waals surface area contributed by atoms with Crippen LogP contribution in [0.25, 0.3) is 0 Å². The molecule has 0 aliphatic rings. The Morgan fingerprint density at radius 2 is 1.70 bits per heavy atom. The van der Waals surface area contributed by atoms with Gasteiger partial charge in [-0.25, -0.2) is 9.59 Å². The number of esters is 1. The molecule has 0 saturated heterocycles. The maximum atomic E-state index is 11.6. The van der Waals surface area contributed by atoms with Crippen LogP contribution in [-0.2, 0) is 19.1 Å². The van der Waals surface area contributed by atoms with E-state index in [2.05, 4.69) is 5.32 Å². The van der Waals surface area contributed by atoms with Crippen LogP contribution in [0.15, 0.2) is 0 Å². The first-order valence-corrected chi connectivity index (χ1v) is 6.40. The van der Waals surface area contributed by atoms with E-state index in [9.17, 15) is 19.5 Å². The Kier molecular flexibility index (Phi) is 6.48. The Hall–Kier alpha value is -1.79. The van der Waals surface area contributed by atoms with Gasteiger partial charge in [-0.2, -0.15) is 0 Å². The third kappa shape index (κ3) is 6.96. The van der Waals surface area contributed by atoms with Gasteiger partial charge in [0.2, 0.25) is 0 Å². The van der Waals surface area contributed by atoms with Gasteiger partial charge in [0.05, 0.1) is 6.61 Å². The highest BCUT2D eigenvalue weighted by molar-refractivity contribution is 5.84. The van der Waals surface area contributed by atoms with Crippen LogP contribution in [0, 0.1) is 0 Å². The van der Waals surface area contributed by atoms with Crippen LogP contribution in [0.5, 0.6) is 0 Å². The predicted molar refractivity (Wildman–Crippen MR) is 71.3 cm³/mol. The van der Waals surface area contributed by atoms with E-state index >= 15 is 0 Å². The molecular formula is C13H23NO6. The molecule has 0 bridgehead atoms. The lowest BCUT2D eigenvalue weighted by molar-refractivity contribution is -0.147.